The standard InChI is InChI=1S/C26H28N4O5/c1-16(2)30-14-13-23(29-30)28-25(33)22(11-12-24(31)32)27-26(34)35-15-21-19-9-5-3-7-17(19)18-8-4-6-10-20(18)21/h3-10,13-14,16,21-22H,11-12,15H2,1-2H3,(H,27,34)(H,31,32)(H,28,29,33). The zero-order valence-electron chi connectivity index (χ0n) is 19.6. The molecule has 0 radical (unpaired) electrons. The molecule has 9 heteroatoms. The highest BCUT2D eigenvalue weighted by molar-refractivity contribution is 5.96. The molecular formula is C26H28N4O5. The first-order valence-electron chi connectivity index (χ1n) is 11.5. The molecule has 3 N–H and O–H groups in total. The molecule has 0 saturated carbocycles. The Morgan fingerprint density at radius 1 is 1.03 bits per heavy atom. The Morgan fingerprint density at radius 3 is 2.23 bits per heavy atom. The van der Waals surface area contributed by atoms with Gasteiger partial charge in [0.1, 0.15) is 12.6 Å². The van der Waals surface area contributed by atoms with E-state index in [4.69, 9.17) is 9.84 Å². The van der Waals surface area contributed by atoms with Crippen LogP contribution in [0.2, 0.25) is 0 Å². The number of ether oxygens (including phenoxy) is 1. The number of carboxylic acids is 1. The predicted octanol–water partition coefficient (Wildman–Crippen LogP) is 4.17. The maximum absolute atomic E-state index is 12.8. The van der Waals surface area contributed by atoms with Gasteiger partial charge in [-0.2, -0.15) is 5.10 Å². The molecule has 3 aromatic rings. The van der Waals surface area contributed by atoms with E-state index in [1.54, 1.807) is 16.9 Å². The molecule has 0 fully saturated rings. The topological polar surface area (TPSA) is 123 Å². The average Bonchev–Trinajstić information content (AvgIpc) is 3.43. The third kappa shape index (κ3) is 5.51. The monoisotopic (exact) mass is 476 g/mol. The normalized spacial score (nSPS) is 13.1. The Balaban J connectivity index is 1.41. The summed E-state index contributed by atoms with van der Waals surface area (Å²) in [6, 6.07) is 16.6. The SMILES string of the molecule is CC(C)n1ccc(NC(=O)C(CCC(=O)O)NC(=O)OCC2c3ccccc3-c3ccccc32)n1. The van der Waals surface area contributed by atoms with Gasteiger partial charge in [0.25, 0.3) is 0 Å². The van der Waals surface area contributed by atoms with Gasteiger partial charge < -0.3 is 20.5 Å². The molecule has 0 saturated heterocycles. The van der Waals surface area contributed by atoms with E-state index < -0.39 is 24.0 Å². The molecule has 0 spiro atoms. The lowest BCUT2D eigenvalue weighted by Gasteiger charge is -2.19. The third-order valence-electron chi connectivity index (χ3n) is 5.99. The molecule has 1 aromatic heterocycles. The Bertz CT molecular complexity index is 1190. The van der Waals surface area contributed by atoms with Crippen molar-refractivity contribution in [3.05, 3.63) is 71.9 Å². The van der Waals surface area contributed by atoms with E-state index in [2.05, 4.69) is 15.7 Å². The first-order valence-corrected chi connectivity index (χ1v) is 11.5. The molecular weight excluding hydrogens is 448 g/mol. The van der Waals surface area contributed by atoms with Gasteiger partial charge in [0.15, 0.2) is 5.82 Å². The summed E-state index contributed by atoms with van der Waals surface area (Å²) < 4.78 is 7.20. The van der Waals surface area contributed by atoms with Crippen molar-refractivity contribution < 1.29 is 24.2 Å². The summed E-state index contributed by atoms with van der Waals surface area (Å²) in [5.74, 6) is -1.44. The minimum Gasteiger partial charge on any atom is -0.481 e. The van der Waals surface area contributed by atoms with Crippen molar-refractivity contribution in [2.75, 3.05) is 11.9 Å². The Labute approximate surface area is 203 Å². The number of rotatable bonds is 9. The quantitative estimate of drug-likeness (QED) is 0.426. The van der Waals surface area contributed by atoms with Crippen LogP contribution in [0.4, 0.5) is 10.6 Å². The molecule has 0 bridgehead atoms. The maximum atomic E-state index is 12.8. The minimum atomic E-state index is -1.09. The fourth-order valence-corrected chi connectivity index (χ4v) is 4.22. The van der Waals surface area contributed by atoms with Gasteiger partial charge >= 0.3 is 12.1 Å². The zero-order chi connectivity index (χ0) is 24.9. The summed E-state index contributed by atoms with van der Waals surface area (Å²) in [6.45, 7) is 3.99. The number of carboxylic acid groups (broad SMARTS) is 1. The zero-order valence-corrected chi connectivity index (χ0v) is 19.6. The summed E-state index contributed by atoms with van der Waals surface area (Å²) in [7, 11) is 0. The Hall–Kier alpha value is -4.14. The number of hydrogen-bond acceptors (Lipinski definition) is 5. The first kappa shape index (κ1) is 24.0. The number of fused-ring (bicyclic) bond motifs is 3. The van der Waals surface area contributed by atoms with Crippen molar-refractivity contribution >= 4 is 23.8 Å². The summed E-state index contributed by atoms with van der Waals surface area (Å²) in [5, 5.41) is 18.5. The number of nitrogens with one attached hydrogen (secondary N) is 2. The van der Waals surface area contributed by atoms with Gasteiger partial charge in [-0.3, -0.25) is 14.3 Å². The second-order valence-corrected chi connectivity index (χ2v) is 8.72. The number of benzene rings is 2. The van der Waals surface area contributed by atoms with Crippen LogP contribution >= 0.6 is 0 Å². The highest BCUT2D eigenvalue weighted by Crippen LogP contribution is 2.44. The second-order valence-electron chi connectivity index (χ2n) is 8.72. The molecule has 2 amide bonds. The van der Waals surface area contributed by atoms with Crippen LogP contribution in [-0.4, -0.2) is 45.5 Å². The van der Waals surface area contributed by atoms with E-state index in [0.717, 1.165) is 22.3 Å². The van der Waals surface area contributed by atoms with Crippen molar-refractivity contribution in [1.29, 1.82) is 0 Å². The highest BCUT2D eigenvalue weighted by Gasteiger charge is 2.30. The van der Waals surface area contributed by atoms with Crippen molar-refractivity contribution in [2.24, 2.45) is 0 Å². The molecule has 9 nitrogen and oxygen atoms in total. The molecule has 2 aromatic carbocycles. The van der Waals surface area contributed by atoms with Gasteiger partial charge in [-0.15, -0.1) is 0 Å². The first-order chi connectivity index (χ1) is 16.8. The van der Waals surface area contributed by atoms with Gasteiger partial charge in [-0.25, -0.2) is 4.79 Å². The smallest absolute Gasteiger partial charge is 0.407 e. The van der Waals surface area contributed by atoms with E-state index >= 15 is 0 Å². The van der Waals surface area contributed by atoms with Gasteiger partial charge in [-0.05, 0) is 42.5 Å². The van der Waals surface area contributed by atoms with Crippen molar-refractivity contribution in [2.45, 2.75) is 44.7 Å². The summed E-state index contributed by atoms with van der Waals surface area (Å²) >= 11 is 0. The van der Waals surface area contributed by atoms with Crippen molar-refractivity contribution in [1.82, 2.24) is 15.1 Å². The van der Waals surface area contributed by atoms with Gasteiger partial charge in [0.2, 0.25) is 5.91 Å². The molecule has 4 rings (SSSR count). The van der Waals surface area contributed by atoms with Crippen molar-refractivity contribution in [3.8, 4) is 11.1 Å². The predicted molar refractivity (Wildman–Crippen MR) is 130 cm³/mol. The molecule has 35 heavy (non-hydrogen) atoms. The minimum absolute atomic E-state index is 0.0871. The molecule has 0 aliphatic heterocycles. The van der Waals surface area contributed by atoms with Crippen LogP contribution < -0.4 is 10.6 Å². The van der Waals surface area contributed by atoms with E-state index in [0.29, 0.717) is 5.82 Å². The number of carbonyl (C=O) groups is 3. The molecule has 1 aliphatic carbocycles. The number of aromatic nitrogens is 2. The van der Waals surface area contributed by atoms with E-state index in [1.165, 1.54) is 0 Å². The fourth-order valence-electron chi connectivity index (χ4n) is 4.22. The number of nitrogens with zero attached hydrogens (tertiary/aromatic N) is 2. The Morgan fingerprint density at radius 2 is 1.66 bits per heavy atom. The second kappa shape index (κ2) is 10.4. The summed E-state index contributed by atoms with van der Waals surface area (Å²) in [4.78, 5) is 36.5. The van der Waals surface area contributed by atoms with E-state index in [9.17, 15) is 14.4 Å². The summed E-state index contributed by atoms with van der Waals surface area (Å²) in [6.07, 6.45) is 0.564. The van der Waals surface area contributed by atoms with Crippen LogP contribution in [0.3, 0.4) is 0 Å². The molecule has 1 atom stereocenters. The van der Waals surface area contributed by atoms with Crippen LogP contribution in [0, 0.1) is 0 Å². The van der Waals surface area contributed by atoms with Crippen LogP contribution in [0.5, 0.6) is 0 Å². The van der Waals surface area contributed by atoms with Crippen LogP contribution in [-0.2, 0) is 14.3 Å². The molecule has 1 heterocycles. The van der Waals surface area contributed by atoms with Crippen LogP contribution in [0.25, 0.3) is 11.1 Å². The number of hydrogen-bond donors (Lipinski definition) is 3. The van der Waals surface area contributed by atoms with Crippen LogP contribution in [0.1, 0.15) is 49.8 Å². The number of carbonyl (C=O) groups excluding carboxylic acids is 2. The number of amides is 2. The number of alkyl carbamates (subject to hydrolysis) is 1. The van der Waals surface area contributed by atoms with Gasteiger partial charge in [0.05, 0.1) is 0 Å². The number of aliphatic carboxylic acids is 1. The summed E-state index contributed by atoms with van der Waals surface area (Å²) in [5.41, 5.74) is 4.36. The molecule has 1 aliphatic rings. The highest BCUT2D eigenvalue weighted by atomic mass is 16.5. The van der Waals surface area contributed by atoms with Gasteiger partial charge in [0, 0.05) is 30.6 Å². The lowest BCUT2D eigenvalue weighted by atomic mass is 9.98. The van der Waals surface area contributed by atoms with E-state index in [-0.39, 0.29) is 31.4 Å². The largest absolute Gasteiger partial charge is 0.481 e. The third-order valence-corrected chi connectivity index (χ3v) is 5.99. The van der Waals surface area contributed by atoms with E-state index in [1.807, 2.05) is 62.4 Å². The molecule has 182 valence electrons. The fraction of sp³-hybridized carbons (Fsp3) is 0.308. The lowest BCUT2D eigenvalue weighted by molar-refractivity contribution is -0.137. The molecule has 1 unspecified atom stereocenters. The van der Waals surface area contributed by atoms with Crippen LogP contribution in [0.15, 0.2) is 60.8 Å². The Kier molecular flexibility index (Phi) is 7.14. The van der Waals surface area contributed by atoms with Gasteiger partial charge in [-0.1, -0.05) is 48.5 Å². The van der Waals surface area contributed by atoms with Crippen molar-refractivity contribution in [3.63, 3.8) is 0 Å². The lowest BCUT2D eigenvalue weighted by Crippen LogP contribution is -2.44. The average molecular weight is 477 g/mol. The number of anilines is 1. The maximum Gasteiger partial charge on any atom is 0.407 e.